The molecule has 2 heterocycles. The van der Waals surface area contributed by atoms with Gasteiger partial charge >= 0.3 is 5.97 Å². The van der Waals surface area contributed by atoms with Crippen LogP contribution in [0.15, 0.2) is 36.5 Å². The van der Waals surface area contributed by atoms with Crippen molar-refractivity contribution >= 4 is 16.9 Å². The minimum absolute atomic E-state index is 0.0374. The Labute approximate surface area is 218 Å². The highest BCUT2D eigenvalue weighted by Gasteiger charge is 2.41. The van der Waals surface area contributed by atoms with Gasteiger partial charge in [0.05, 0.1) is 18.0 Å². The van der Waals surface area contributed by atoms with Crippen LogP contribution >= 0.6 is 0 Å². The number of piperidine rings is 1. The third-order valence-corrected chi connectivity index (χ3v) is 7.39. The lowest BCUT2D eigenvalue weighted by Crippen LogP contribution is -2.45. The first-order valence-electron chi connectivity index (χ1n) is 12.4. The van der Waals surface area contributed by atoms with Crippen LogP contribution in [0.5, 0.6) is 11.5 Å². The Bertz CT molecular complexity index is 1290. The van der Waals surface area contributed by atoms with E-state index >= 15 is 4.39 Å². The van der Waals surface area contributed by atoms with Crippen LogP contribution in [0.25, 0.3) is 10.9 Å². The lowest BCUT2D eigenvalue weighted by molar-refractivity contribution is -0.153. The highest BCUT2D eigenvalue weighted by atomic mass is 19.1. The van der Waals surface area contributed by atoms with Crippen molar-refractivity contribution in [2.24, 2.45) is 5.41 Å². The minimum atomic E-state index is -1.38. The number of carboxylic acids is 1. The van der Waals surface area contributed by atoms with Gasteiger partial charge in [-0.3, -0.25) is 14.7 Å². The van der Waals surface area contributed by atoms with Crippen molar-refractivity contribution in [2.75, 3.05) is 33.4 Å². The third kappa shape index (κ3) is 5.85. The number of carbonyl (C=O) groups is 1. The highest BCUT2D eigenvalue weighted by Crippen LogP contribution is 2.41. The van der Waals surface area contributed by atoms with E-state index in [0.29, 0.717) is 72.4 Å². The number of halogens is 4. The number of aliphatic carboxylic acids is 1. The molecular weight excluding hydrogens is 504 g/mol. The van der Waals surface area contributed by atoms with E-state index in [0.717, 1.165) is 0 Å². The first kappa shape index (κ1) is 27.6. The van der Waals surface area contributed by atoms with Crippen LogP contribution in [0.4, 0.5) is 17.6 Å². The Hall–Kier alpha value is -3.40. The van der Waals surface area contributed by atoms with Crippen molar-refractivity contribution in [3.05, 3.63) is 65.1 Å². The van der Waals surface area contributed by atoms with Gasteiger partial charge in [0.1, 0.15) is 24.3 Å². The van der Waals surface area contributed by atoms with Crippen molar-refractivity contribution < 1.29 is 36.9 Å². The molecule has 1 aliphatic rings. The lowest BCUT2D eigenvalue weighted by atomic mass is 9.74. The van der Waals surface area contributed by atoms with Crippen molar-refractivity contribution in [3.8, 4) is 11.5 Å². The first-order chi connectivity index (χ1) is 18.1. The van der Waals surface area contributed by atoms with Crippen molar-refractivity contribution in [1.82, 2.24) is 9.88 Å². The number of ether oxygens (including phenoxy) is 2. The Balaban J connectivity index is 1.37. The van der Waals surface area contributed by atoms with Crippen LogP contribution in [-0.2, 0) is 4.79 Å². The van der Waals surface area contributed by atoms with Gasteiger partial charge in [-0.1, -0.05) is 0 Å². The quantitative estimate of drug-likeness (QED) is 0.322. The number of hydrogen-bond acceptors (Lipinski definition) is 5. The number of fused-ring (bicyclic) bond motifs is 1. The Kier molecular flexibility index (Phi) is 8.40. The summed E-state index contributed by atoms with van der Waals surface area (Å²) in [5, 5.41) is 10.7. The molecule has 0 aliphatic carbocycles. The van der Waals surface area contributed by atoms with E-state index in [-0.39, 0.29) is 19.4 Å². The molecule has 1 N–H and O–H groups in total. The van der Waals surface area contributed by atoms with Crippen LogP contribution in [0.2, 0.25) is 0 Å². The zero-order valence-corrected chi connectivity index (χ0v) is 21.3. The van der Waals surface area contributed by atoms with Crippen LogP contribution in [0.3, 0.4) is 0 Å². The fourth-order valence-corrected chi connectivity index (χ4v) is 5.10. The smallest absolute Gasteiger partial charge is 0.309 e. The molecule has 1 fully saturated rings. The van der Waals surface area contributed by atoms with Gasteiger partial charge < -0.3 is 14.6 Å². The third-order valence-electron chi connectivity index (χ3n) is 7.39. The monoisotopic (exact) mass is 534 g/mol. The molecule has 3 aromatic rings. The number of methoxy groups -OCH3 is 1. The number of pyridine rings is 1. The van der Waals surface area contributed by atoms with Gasteiger partial charge in [0.2, 0.25) is 0 Å². The van der Waals surface area contributed by atoms with Crippen LogP contribution in [0.1, 0.15) is 43.0 Å². The molecule has 6 nitrogen and oxygen atoms in total. The van der Waals surface area contributed by atoms with Gasteiger partial charge in [-0.25, -0.2) is 17.6 Å². The molecule has 1 aromatic heterocycles. The summed E-state index contributed by atoms with van der Waals surface area (Å²) in [6.07, 6.45) is 1.04. The predicted octanol–water partition coefficient (Wildman–Crippen LogP) is 6.01. The fourth-order valence-electron chi connectivity index (χ4n) is 5.10. The summed E-state index contributed by atoms with van der Waals surface area (Å²) < 4.78 is 66.7. The number of nitrogens with zero attached hydrogens (tertiary/aromatic N) is 2. The SMILES string of the molecule is COc1ccc2ncc(C)c([C@H](F)CCC3(C(=O)O)CCN(CCOc4c(F)cc(F)cc4F)CC3)c2c1. The maximum atomic E-state index is 15.7. The number of aromatic nitrogens is 1. The number of benzene rings is 2. The summed E-state index contributed by atoms with van der Waals surface area (Å²) in [7, 11) is 1.53. The predicted molar refractivity (Wildman–Crippen MR) is 134 cm³/mol. The van der Waals surface area contributed by atoms with Gasteiger partial charge in [-0.2, -0.15) is 0 Å². The molecule has 0 bridgehead atoms. The van der Waals surface area contributed by atoms with Crippen molar-refractivity contribution in [2.45, 2.75) is 38.8 Å². The van der Waals surface area contributed by atoms with Gasteiger partial charge in [0, 0.05) is 30.3 Å². The van der Waals surface area contributed by atoms with E-state index < -0.39 is 40.8 Å². The summed E-state index contributed by atoms with van der Waals surface area (Å²) in [5.41, 5.74) is 0.736. The molecule has 0 saturated carbocycles. The average molecular weight is 535 g/mol. The second kappa shape index (κ2) is 11.6. The van der Waals surface area contributed by atoms with E-state index in [2.05, 4.69) is 4.98 Å². The van der Waals surface area contributed by atoms with E-state index in [1.165, 1.54) is 7.11 Å². The molecule has 0 radical (unpaired) electrons. The van der Waals surface area contributed by atoms with E-state index in [4.69, 9.17) is 9.47 Å². The standard InChI is InChI=1S/C28H30F4N2O4/c1-17-16-33-24-4-3-19(37-2)15-20(24)25(17)21(30)5-6-28(27(35)36)7-9-34(10-8-28)11-12-38-26-22(31)13-18(29)14-23(26)32/h3-4,13-16,21H,5-12H2,1-2H3,(H,35,36)/t21-/m1/s1. The van der Waals surface area contributed by atoms with E-state index in [9.17, 15) is 23.1 Å². The average Bonchev–Trinajstić information content (AvgIpc) is 2.89. The Morgan fingerprint density at radius 1 is 1.16 bits per heavy atom. The number of hydrogen-bond donors (Lipinski definition) is 1. The maximum Gasteiger partial charge on any atom is 0.309 e. The summed E-state index contributed by atoms with van der Waals surface area (Å²) >= 11 is 0. The van der Waals surface area contributed by atoms with Gasteiger partial charge in [-0.15, -0.1) is 0 Å². The second-order valence-corrected chi connectivity index (χ2v) is 9.72. The minimum Gasteiger partial charge on any atom is -0.497 e. The first-order valence-corrected chi connectivity index (χ1v) is 12.4. The van der Waals surface area contributed by atoms with Gasteiger partial charge in [-0.05, 0) is 75.0 Å². The molecule has 38 heavy (non-hydrogen) atoms. The molecule has 1 atom stereocenters. The maximum absolute atomic E-state index is 15.7. The topological polar surface area (TPSA) is 71.9 Å². The zero-order valence-electron chi connectivity index (χ0n) is 21.3. The van der Waals surface area contributed by atoms with Gasteiger partial charge in [0.15, 0.2) is 17.4 Å². The number of alkyl halides is 1. The number of rotatable bonds is 10. The number of carboxylic acid groups (broad SMARTS) is 1. The summed E-state index contributed by atoms with van der Waals surface area (Å²) in [4.78, 5) is 18.6. The molecule has 2 aromatic carbocycles. The highest BCUT2D eigenvalue weighted by molar-refractivity contribution is 5.85. The molecule has 204 valence electrons. The molecule has 1 saturated heterocycles. The van der Waals surface area contributed by atoms with E-state index in [1.807, 2.05) is 4.90 Å². The van der Waals surface area contributed by atoms with Crippen molar-refractivity contribution in [1.29, 1.82) is 0 Å². The second-order valence-electron chi connectivity index (χ2n) is 9.72. The molecule has 1 aliphatic heterocycles. The number of aryl methyl sites for hydroxylation is 1. The van der Waals surface area contributed by atoms with Crippen LogP contribution < -0.4 is 9.47 Å². The zero-order chi connectivity index (χ0) is 27.4. The number of likely N-dealkylation sites (tertiary alicyclic amines) is 1. The summed E-state index contributed by atoms with van der Waals surface area (Å²) in [5.74, 6) is -4.30. The summed E-state index contributed by atoms with van der Waals surface area (Å²) in [6.45, 7) is 2.86. The summed E-state index contributed by atoms with van der Waals surface area (Å²) in [6, 6.07) is 6.36. The molecule has 4 rings (SSSR count). The Morgan fingerprint density at radius 3 is 2.47 bits per heavy atom. The van der Waals surface area contributed by atoms with Gasteiger partial charge in [0.25, 0.3) is 0 Å². The molecule has 0 unspecified atom stereocenters. The molecule has 10 heteroatoms. The van der Waals surface area contributed by atoms with Crippen molar-refractivity contribution in [3.63, 3.8) is 0 Å². The fraction of sp³-hybridized carbons (Fsp3) is 0.429. The largest absolute Gasteiger partial charge is 0.497 e. The van der Waals surface area contributed by atoms with Crippen LogP contribution in [-0.4, -0.2) is 54.3 Å². The molecule has 0 spiro atoms. The van der Waals surface area contributed by atoms with E-state index in [1.54, 1.807) is 31.3 Å². The molecule has 0 amide bonds. The molecular formula is C28H30F4N2O4. The Morgan fingerprint density at radius 2 is 1.84 bits per heavy atom. The normalized spacial score (nSPS) is 16.4. The lowest BCUT2D eigenvalue weighted by Gasteiger charge is -2.39. The van der Waals surface area contributed by atoms with Crippen LogP contribution in [0, 0.1) is 29.8 Å².